The third-order valence-corrected chi connectivity index (χ3v) is 9.71. The van der Waals surface area contributed by atoms with Gasteiger partial charge < -0.3 is 41.3 Å². The third kappa shape index (κ3) is 6.35. The Labute approximate surface area is 300 Å². The summed E-state index contributed by atoms with van der Waals surface area (Å²) >= 11 is 0. The van der Waals surface area contributed by atoms with Crippen LogP contribution in [0.25, 0.3) is 32.7 Å². The average Bonchev–Trinajstić information content (AvgIpc) is 3.13. The predicted octanol–water partition coefficient (Wildman–Crippen LogP) is 7.58. The normalized spacial score (nSPS) is 12.5. The lowest BCUT2D eigenvalue weighted by Gasteiger charge is -2.21. The summed E-state index contributed by atoms with van der Waals surface area (Å²) in [5.41, 5.74) is 2.71. The zero-order chi connectivity index (χ0) is 37.4. The number of nitrogens with one attached hydrogen (secondary N) is 2. The summed E-state index contributed by atoms with van der Waals surface area (Å²) in [7, 11) is 0. The van der Waals surface area contributed by atoms with Crippen molar-refractivity contribution in [2.75, 3.05) is 13.1 Å². The average molecular weight is 701 g/mol. The molecule has 1 unspecified atom stereocenters. The van der Waals surface area contributed by atoms with E-state index in [0.717, 1.165) is 23.3 Å². The van der Waals surface area contributed by atoms with E-state index in [1.165, 1.54) is 0 Å². The largest absolute Gasteiger partial charge is 0.507 e. The van der Waals surface area contributed by atoms with Crippen LogP contribution in [0.3, 0.4) is 0 Å². The van der Waals surface area contributed by atoms with Crippen LogP contribution in [0.15, 0.2) is 84.9 Å². The molecule has 52 heavy (non-hydrogen) atoms. The SMILES string of the molecule is Cc1cc2c(C(=O)NCC(C)c3ccccc3)c(O)c(O)cc2c(O)c1-c1c(C)cc2c(C(=O)NC[C@@H](C)c3ccccc3)c(O)c(O)cc2c1O. The smallest absolute Gasteiger partial charge is 0.255 e. The number of benzene rings is 6. The Morgan fingerprint density at radius 3 is 1.21 bits per heavy atom. The Balaban J connectivity index is 1.41. The molecule has 0 saturated carbocycles. The first-order valence-electron chi connectivity index (χ1n) is 16.9. The molecule has 6 aromatic rings. The minimum Gasteiger partial charge on any atom is -0.507 e. The lowest BCUT2D eigenvalue weighted by Crippen LogP contribution is -2.27. The van der Waals surface area contributed by atoms with Crippen molar-refractivity contribution in [1.29, 1.82) is 0 Å². The van der Waals surface area contributed by atoms with Gasteiger partial charge in [-0.15, -0.1) is 0 Å². The van der Waals surface area contributed by atoms with Gasteiger partial charge in [0.2, 0.25) is 0 Å². The molecule has 10 heteroatoms. The molecule has 0 spiro atoms. The van der Waals surface area contributed by atoms with Crippen molar-refractivity contribution in [1.82, 2.24) is 10.6 Å². The topological polar surface area (TPSA) is 180 Å². The van der Waals surface area contributed by atoms with Crippen LogP contribution >= 0.6 is 0 Å². The van der Waals surface area contributed by atoms with Crippen LogP contribution in [-0.2, 0) is 0 Å². The number of carbonyl (C=O) groups is 2. The summed E-state index contributed by atoms with van der Waals surface area (Å²) < 4.78 is 0. The molecule has 2 atom stereocenters. The molecule has 0 saturated heterocycles. The van der Waals surface area contributed by atoms with E-state index in [-0.39, 0.29) is 80.2 Å². The Morgan fingerprint density at radius 1 is 0.519 bits per heavy atom. The standard InChI is InChI=1S/C42H40N2O8/c1-21-15-27-29(17-31(45)39(49)35(27)41(51)43-19-23(3)25-11-7-5-8-12-25)37(47)33(21)34-22(2)16-28-30(38(34)48)18-32(46)40(50)36(28)42(52)44-20-24(4)26-13-9-6-10-14-26/h5-18,23-24,45-50H,19-20H2,1-4H3,(H,43,51)(H,44,52)/t23-,24?/m1/s1. The maximum atomic E-state index is 13.5. The Morgan fingerprint density at radius 2 is 0.865 bits per heavy atom. The highest BCUT2D eigenvalue weighted by molar-refractivity contribution is 6.16. The summed E-state index contributed by atoms with van der Waals surface area (Å²) in [5.74, 6) is -4.73. The van der Waals surface area contributed by atoms with Crippen molar-refractivity contribution in [2.45, 2.75) is 39.5 Å². The lowest BCUT2D eigenvalue weighted by atomic mass is 9.87. The summed E-state index contributed by atoms with van der Waals surface area (Å²) in [6.45, 7) is 7.67. The molecule has 0 bridgehead atoms. The molecule has 2 amide bonds. The zero-order valence-electron chi connectivity index (χ0n) is 29.2. The van der Waals surface area contributed by atoms with E-state index in [1.807, 2.05) is 74.5 Å². The predicted molar refractivity (Wildman–Crippen MR) is 201 cm³/mol. The molecule has 10 nitrogen and oxygen atoms in total. The molecule has 0 heterocycles. The first kappa shape index (κ1) is 35.4. The highest BCUT2D eigenvalue weighted by Gasteiger charge is 2.28. The van der Waals surface area contributed by atoms with Crippen LogP contribution in [0, 0.1) is 13.8 Å². The number of rotatable bonds is 9. The van der Waals surface area contributed by atoms with Crippen molar-refractivity contribution in [3.63, 3.8) is 0 Å². The van der Waals surface area contributed by atoms with Crippen LogP contribution in [0.2, 0.25) is 0 Å². The van der Waals surface area contributed by atoms with E-state index in [1.54, 1.807) is 26.0 Å². The number of hydrogen-bond acceptors (Lipinski definition) is 8. The number of hydrogen-bond donors (Lipinski definition) is 8. The van der Waals surface area contributed by atoms with Gasteiger partial charge in [0.25, 0.3) is 11.8 Å². The quantitative estimate of drug-likeness (QED) is 0.0711. The first-order chi connectivity index (χ1) is 24.8. The first-order valence-corrected chi connectivity index (χ1v) is 16.9. The van der Waals surface area contributed by atoms with Crippen molar-refractivity contribution in [3.05, 3.63) is 118 Å². The van der Waals surface area contributed by atoms with Crippen LogP contribution in [0.1, 0.15) is 68.7 Å². The number of fused-ring (bicyclic) bond motifs is 2. The van der Waals surface area contributed by atoms with Gasteiger partial charge in [-0.05, 0) is 72.2 Å². The summed E-state index contributed by atoms with van der Waals surface area (Å²) in [6.07, 6.45) is 0. The highest BCUT2D eigenvalue weighted by atomic mass is 16.3. The fourth-order valence-corrected chi connectivity index (χ4v) is 6.82. The second-order valence-corrected chi connectivity index (χ2v) is 13.3. The maximum Gasteiger partial charge on any atom is 0.255 e. The van der Waals surface area contributed by atoms with Gasteiger partial charge in [-0.3, -0.25) is 9.59 Å². The molecule has 266 valence electrons. The fourth-order valence-electron chi connectivity index (χ4n) is 6.82. The van der Waals surface area contributed by atoms with Gasteiger partial charge in [-0.25, -0.2) is 0 Å². The van der Waals surface area contributed by atoms with E-state index in [2.05, 4.69) is 10.6 Å². The summed E-state index contributed by atoms with van der Waals surface area (Å²) in [5, 5.41) is 72.7. The zero-order valence-corrected chi connectivity index (χ0v) is 29.2. The molecular weight excluding hydrogens is 660 g/mol. The fraction of sp³-hybridized carbons (Fsp3) is 0.190. The Kier molecular flexibility index (Phi) is 9.58. The van der Waals surface area contributed by atoms with E-state index in [4.69, 9.17) is 0 Å². The third-order valence-electron chi connectivity index (χ3n) is 9.71. The van der Waals surface area contributed by atoms with Crippen molar-refractivity contribution >= 4 is 33.4 Å². The number of phenolic OH excluding ortho intramolecular Hbond substituents is 6. The summed E-state index contributed by atoms with van der Waals surface area (Å²) in [6, 6.07) is 24.6. The van der Waals surface area contributed by atoms with Gasteiger partial charge in [-0.1, -0.05) is 74.5 Å². The molecule has 6 rings (SSSR count). The molecule has 0 aliphatic carbocycles. The molecule has 0 aromatic heterocycles. The van der Waals surface area contributed by atoms with Gasteiger partial charge in [0.05, 0.1) is 11.1 Å². The second-order valence-electron chi connectivity index (χ2n) is 13.3. The van der Waals surface area contributed by atoms with Gasteiger partial charge in [0, 0.05) is 45.8 Å². The number of aromatic hydroxyl groups is 6. The minimum atomic E-state index is -0.656. The molecule has 6 aromatic carbocycles. The van der Waals surface area contributed by atoms with Crippen LogP contribution in [0.5, 0.6) is 34.5 Å². The van der Waals surface area contributed by atoms with Gasteiger partial charge >= 0.3 is 0 Å². The van der Waals surface area contributed by atoms with Gasteiger partial charge in [0.15, 0.2) is 23.0 Å². The second kappa shape index (κ2) is 14.1. The van der Waals surface area contributed by atoms with E-state index < -0.39 is 34.8 Å². The number of carbonyl (C=O) groups excluding carboxylic acids is 2. The lowest BCUT2D eigenvalue weighted by molar-refractivity contribution is 0.0941. The molecule has 8 N–H and O–H groups in total. The van der Waals surface area contributed by atoms with E-state index >= 15 is 0 Å². The molecule has 0 aliphatic rings. The van der Waals surface area contributed by atoms with Gasteiger partial charge in [-0.2, -0.15) is 0 Å². The van der Waals surface area contributed by atoms with E-state index in [0.29, 0.717) is 11.1 Å². The maximum absolute atomic E-state index is 13.5. The number of aryl methyl sites for hydroxylation is 2. The monoisotopic (exact) mass is 700 g/mol. The molecule has 0 radical (unpaired) electrons. The Hall–Kier alpha value is -6.42. The number of amides is 2. The molecular formula is C42H40N2O8. The minimum absolute atomic E-state index is 0.0391. The van der Waals surface area contributed by atoms with Crippen molar-refractivity contribution < 1.29 is 40.2 Å². The highest BCUT2D eigenvalue weighted by Crippen LogP contribution is 2.51. The summed E-state index contributed by atoms with van der Waals surface area (Å²) in [4.78, 5) is 27.0. The van der Waals surface area contributed by atoms with Crippen LogP contribution < -0.4 is 10.6 Å². The Bertz CT molecular complexity index is 2190. The molecule has 0 fully saturated rings. The van der Waals surface area contributed by atoms with Crippen LogP contribution in [0.4, 0.5) is 0 Å². The van der Waals surface area contributed by atoms with Crippen LogP contribution in [-0.4, -0.2) is 55.5 Å². The van der Waals surface area contributed by atoms with E-state index in [9.17, 15) is 40.2 Å². The molecule has 0 aliphatic heterocycles. The van der Waals surface area contributed by atoms with Gasteiger partial charge in [0.1, 0.15) is 11.5 Å². The van der Waals surface area contributed by atoms with Crippen molar-refractivity contribution in [2.24, 2.45) is 0 Å². The number of phenols is 6. The van der Waals surface area contributed by atoms with Crippen molar-refractivity contribution in [3.8, 4) is 45.6 Å².